The van der Waals surface area contributed by atoms with E-state index in [9.17, 15) is 24.0 Å². The van der Waals surface area contributed by atoms with Gasteiger partial charge in [0.1, 0.15) is 18.1 Å². The van der Waals surface area contributed by atoms with E-state index in [1.54, 1.807) is 6.92 Å². The number of hydrogen-bond donors (Lipinski definition) is 6. The second kappa shape index (κ2) is 13.8. The molecule has 0 saturated carbocycles. The Morgan fingerprint density at radius 1 is 1.00 bits per heavy atom. The van der Waals surface area contributed by atoms with Crippen molar-refractivity contribution in [3.05, 3.63) is 0 Å². The number of rotatable bonds is 14. The smallest absolute Gasteiger partial charge is 0.325 e. The summed E-state index contributed by atoms with van der Waals surface area (Å²) in [5, 5.41) is 16.1. The highest BCUT2D eigenvalue weighted by Gasteiger charge is 2.32. The molecule has 12 heteroatoms. The molecule has 0 radical (unpaired) electrons. The lowest BCUT2D eigenvalue weighted by Gasteiger charge is -2.27. The molecule has 8 N–H and O–H groups in total. The van der Waals surface area contributed by atoms with Gasteiger partial charge in [0, 0.05) is 0 Å². The van der Waals surface area contributed by atoms with Gasteiger partial charge in [0.05, 0.1) is 12.5 Å². The summed E-state index contributed by atoms with van der Waals surface area (Å²) >= 11 is 1.54. The van der Waals surface area contributed by atoms with Crippen LogP contribution in [0.3, 0.4) is 0 Å². The maximum atomic E-state index is 12.8. The van der Waals surface area contributed by atoms with Crippen LogP contribution in [0.4, 0.5) is 0 Å². The summed E-state index contributed by atoms with van der Waals surface area (Å²) in [6.45, 7) is 4.81. The SMILES string of the molecule is CCC(C)C(NC(=O)C(N)CCSC)C(=O)NC(CC(N)=O)C(=O)NC(C)C(=O)O. The number of carbonyl (C=O) groups is 5. The molecule has 0 aliphatic rings. The lowest BCUT2D eigenvalue weighted by molar-refractivity contribution is -0.142. The number of carboxylic acids is 1. The van der Waals surface area contributed by atoms with Crippen molar-refractivity contribution < 1.29 is 29.1 Å². The topological polar surface area (TPSA) is 194 Å². The van der Waals surface area contributed by atoms with E-state index in [1.807, 2.05) is 13.2 Å². The average Bonchev–Trinajstić information content (AvgIpc) is 2.67. The highest BCUT2D eigenvalue weighted by molar-refractivity contribution is 7.98. The van der Waals surface area contributed by atoms with Crippen LogP contribution in [-0.4, -0.2) is 70.9 Å². The van der Waals surface area contributed by atoms with Gasteiger partial charge in [0.2, 0.25) is 23.6 Å². The number of primary amides is 1. The van der Waals surface area contributed by atoms with Crippen LogP contribution in [0.1, 0.15) is 40.0 Å². The molecule has 0 spiro atoms. The normalized spacial score (nSPS) is 15.8. The summed E-state index contributed by atoms with van der Waals surface area (Å²) in [6, 6.07) is -4.41. The van der Waals surface area contributed by atoms with E-state index in [0.717, 1.165) is 0 Å². The van der Waals surface area contributed by atoms with Crippen LogP contribution in [0.25, 0.3) is 0 Å². The van der Waals surface area contributed by atoms with Gasteiger partial charge in [0.15, 0.2) is 0 Å². The number of nitrogens with two attached hydrogens (primary N) is 2. The van der Waals surface area contributed by atoms with Gasteiger partial charge in [-0.05, 0) is 31.3 Å². The van der Waals surface area contributed by atoms with E-state index in [1.165, 1.54) is 18.7 Å². The largest absolute Gasteiger partial charge is 0.480 e. The Balaban J connectivity index is 5.37. The second-order valence-corrected chi connectivity index (χ2v) is 8.05. The molecule has 4 amide bonds. The predicted molar refractivity (Wildman–Crippen MR) is 113 cm³/mol. The molecule has 0 aliphatic carbocycles. The standard InChI is InChI=1S/C18H33N5O6S/c1-5-9(2)14(23-15(25)11(19)6-7-30-4)17(27)22-12(8-13(20)24)16(26)21-10(3)18(28)29/h9-12,14H,5-8,19H2,1-4H3,(H2,20,24)(H,21,26)(H,22,27)(H,23,25)(H,28,29). The number of carbonyl (C=O) groups excluding carboxylic acids is 4. The first-order valence-electron chi connectivity index (χ1n) is 9.61. The Hall–Kier alpha value is -2.34. The van der Waals surface area contributed by atoms with Crippen molar-refractivity contribution in [1.29, 1.82) is 0 Å². The molecule has 30 heavy (non-hydrogen) atoms. The van der Waals surface area contributed by atoms with Gasteiger partial charge in [-0.1, -0.05) is 20.3 Å². The van der Waals surface area contributed by atoms with Crippen molar-refractivity contribution in [1.82, 2.24) is 16.0 Å². The van der Waals surface area contributed by atoms with E-state index in [-0.39, 0.29) is 5.92 Å². The molecule has 0 heterocycles. The fourth-order valence-electron chi connectivity index (χ4n) is 2.39. The Labute approximate surface area is 180 Å². The summed E-state index contributed by atoms with van der Waals surface area (Å²) in [5.41, 5.74) is 11.0. The lowest BCUT2D eigenvalue weighted by Crippen LogP contribution is -2.59. The number of nitrogens with one attached hydrogen (secondary N) is 3. The van der Waals surface area contributed by atoms with Gasteiger partial charge in [-0.25, -0.2) is 0 Å². The fourth-order valence-corrected chi connectivity index (χ4v) is 2.88. The third kappa shape index (κ3) is 9.92. The fraction of sp³-hybridized carbons (Fsp3) is 0.722. The van der Waals surface area contributed by atoms with E-state index in [2.05, 4.69) is 16.0 Å². The van der Waals surface area contributed by atoms with Crippen LogP contribution in [0.5, 0.6) is 0 Å². The highest BCUT2D eigenvalue weighted by atomic mass is 32.2. The van der Waals surface area contributed by atoms with Gasteiger partial charge < -0.3 is 32.5 Å². The maximum absolute atomic E-state index is 12.8. The van der Waals surface area contributed by atoms with Crippen molar-refractivity contribution in [2.45, 2.75) is 64.2 Å². The molecule has 0 aromatic heterocycles. The summed E-state index contributed by atoms with van der Waals surface area (Å²) in [6.07, 6.45) is 2.33. The molecule has 11 nitrogen and oxygen atoms in total. The molecular weight excluding hydrogens is 414 g/mol. The van der Waals surface area contributed by atoms with Crippen LogP contribution in [0.2, 0.25) is 0 Å². The Kier molecular flexibility index (Phi) is 12.7. The third-order valence-corrected chi connectivity index (χ3v) is 5.17. The maximum Gasteiger partial charge on any atom is 0.325 e. The minimum atomic E-state index is -1.38. The first-order chi connectivity index (χ1) is 13.9. The first-order valence-corrected chi connectivity index (χ1v) is 11.0. The molecule has 0 fully saturated rings. The van der Waals surface area contributed by atoms with Gasteiger partial charge in [-0.3, -0.25) is 24.0 Å². The molecule has 5 atom stereocenters. The summed E-state index contributed by atoms with van der Waals surface area (Å²) in [4.78, 5) is 59.8. The van der Waals surface area contributed by atoms with Gasteiger partial charge in [-0.2, -0.15) is 11.8 Å². The zero-order chi connectivity index (χ0) is 23.4. The zero-order valence-corrected chi connectivity index (χ0v) is 18.6. The van der Waals surface area contributed by atoms with Crippen LogP contribution in [-0.2, 0) is 24.0 Å². The summed E-state index contributed by atoms with van der Waals surface area (Å²) < 4.78 is 0. The lowest BCUT2D eigenvalue weighted by atomic mass is 9.97. The van der Waals surface area contributed by atoms with Gasteiger partial charge in [0.25, 0.3) is 0 Å². The van der Waals surface area contributed by atoms with Crippen molar-refractivity contribution in [3.8, 4) is 0 Å². The van der Waals surface area contributed by atoms with Gasteiger partial charge in [-0.15, -0.1) is 0 Å². The van der Waals surface area contributed by atoms with Crippen molar-refractivity contribution >= 4 is 41.4 Å². The summed E-state index contributed by atoms with van der Waals surface area (Å²) in [5.74, 6) is -3.82. The number of hydrogen-bond acceptors (Lipinski definition) is 7. The second-order valence-electron chi connectivity index (χ2n) is 7.06. The summed E-state index contributed by atoms with van der Waals surface area (Å²) in [7, 11) is 0. The van der Waals surface area contributed by atoms with E-state index >= 15 is 0 Å². The Morgan fingerprint density at radius 3 is 2.07 bits per heavy atom. The Morgan fingerprint density at radius 2 is 1.60 bits per heavy atom. The molecule has 172 valence electrons. The zero-order valence-electron chi connectivity index (χ0n) is 17.8. The van der Waals surface area contributed by atoms with Crippen LogP contribution >= 0.6 is 11.8 Å². The molecular formula is C18H33N5O6S. The number of amides is 4. The van der Waals surface area contributed by atoms with Crippen LogP contribution in [0.15, 0.2) is 0 Å². The van der Waals surface area contributed by atoms with E-state index in [4.69, 9.17) is 16.6 Å². The van der Waals surface area contributed by atoms with E-state index < -0.39 is 60.2 Å². The number of thioether (sulfide) groups is 1. The predicted octanol–water partition coefficient (Wildman–Crippen LogP) is -1.45. The third-order valence-electron chi connectivity index (χ3n) is 4.53. The molecule has 0 rings (SSSR count). The molecule has 5 unspecified atom stereocenters. The molecule has 0 aromatic rings. The number of carboxylic acid groups (broad SMARTS) is 1. The molecule has 0 aliphatic heterocycles. The monoisotopic (exact) mass is 447 g/mol. The molecule has 0 aromatic carbocycles. The minimum Gasteiger partial charge on any atom is -0.480 e. The van der Waals surface area contributed by atoms with Gasteiger partial charge >= 0.3 is 5.97 Å². The van der Waals surface area contributed by atoms with E-state index in [0.29, 0.717) is 18.6 Å². The Bertz CT molecular complexity index is 632. The molecule has 0 bridgehead atoms. The van der Waals surface area contributed by atoms with Crippen molar-refractivity contribution in [2.75, 3.05) is 12.0 Å². The first kappa shape index (κ1) is 27.7. The average molecular weight is 448 g/mol. The van der Waals surface area contributed by atoms with Crippen LogP contribution in [0, 0.1) is 5.92 Å². The van der Waals surface area contributed by atoms with Crippen molar-refractivity contribution in [3.63, 3.8) is 0 Å². The highest BCUT2D eigenvalue weighted by Crippen LogP contribution is 2.10. The van der Waals surface area contributed by atoms with Crippen LogP contribution < -0.4 is 27.4 Å². The minimum absolute atomic E-state index is 0.295. The van der Waals surface area contributed by atoms with Crippen molar-refractivity contribution in [2.24, 2.45) is 17.4 Å². The number of aliphatic carboxylic acids is 1. The quantitative estimate of drug-likeness (QED) is 0.186. The molecule has 0 saturated heterocycles.